The molecule has 5 atom stereocenters. The van der Waals surface area contributed by atoms with E-state index in [-0.39, 0.29) is 24.4 Å². The zero-order chi connectivity index (χ0) is 27.2. The highest BCUT2D eigenvalue weighted by Gasteiger charge is 2.45. The molecule has 3 N–H and O–H groups in total. The summed E-state index contributed by atoms with van der Waals surface area (Å²) in [7, 11) is 0. The Morgan fingerprint density at radius 2 is 1.92 bits per heavy atom. The Morgan fingerprint density at radius 3 is 2.66 bits per heavy atom. The summed E-state index contributed by atoms with van der Waals surface area (Å²) in [6, 6.07) is 10.7. The highest BCUT2D eigenvalue weighted by molar-refractivity contribution is 5.90. The maximum atomic E-state index is 12.9. The van der Waals surface area contributed by atoms with E-state index in [4.69, 9.17) is 14.6 Å². The van der Waals surface area contributed by atoms with E-state index in [1.807, 2.05) is 12.1 Å². The number of hydrogen-bond acceptors (Lipinski definition) is 6. The van der Waals surface area contributed by atoms with Crippen LogP contribution in [0.3, 0.4) is 0 Å². The van der Waals surface area contributed by atoms with Crippen LogP contribution in [-0.2, 0) is 22.4 Å². The summed E-state index contributed by atoms with van der Waals surface area (Å²) >= 11 is 0. The number of carboxylic acid groups (broad SMARTS) is 1. The zero-order valence-corrected chi connectivity index (χ0v) is 22.4. The number of aliphatic carboxylic acids is 1. The number of aliphatic hydroxyl groups is 1. The van der Waals surface area contributed by atoms with E-state index in [1.54, 1.807) is 19.1 Å². The Hall–Kier alpha value is -3.06. The van der Waals surface area contributed by atoms with Crippen molar-refractivity contribution in [3.05, 3.63) is 58.7 Å². The van der Waals surface area contributed by atoms with Gasteiger partial charge in [-0.3, -0.25) is 0 Å². The second-order valence-electron chi connectivity index (χ2n) is 11.0. The number of aryl methyl sites for hydroxylation is 1. The summed E-state index contributed by atoms with van der Waals surface area (Å²) in [4.78, 5) is 23.9. The fourth-order valence-corrected chi connectivity index (χ4v) is 6.30. The number of aliphatic hydroxyl groups excluding tert-OH is 1. The average molecular weight is 525 g/mol. The maximum Gasteiger partial charge on any atom is 0.341 e. The number of carboxylic acids is 1. The number of unbranched alkanes of at least 4 members (excludes halogenated alkanes) is 2. The minimum absolute atomic E-state index is 0.0798. The monoisotopic (exact) mass is 524 g/mol. The second kappa shape index (κ2) is 12.7. The lowest BCUT2D eigenvalue weighted by Crippen LogP contribution is -2.29. The molecule has 2 aliphatic rings. The summed E-state index contributed by atoms with van der Waals surface area (Å²) in [6.07, 6.45) is 7.02. The molecule has 7 nitrogen and oxygen atoms in total. The van der Waals surface area contributed by atoms with Gasteiger partial charge in [-0.05, 0) is 105 Å². The fraction of sp³-hybridized carbons (Fsp3) is 0.548. The predicted octanol–water partition coefficient (Wildman–Crippen LogP) is 5.46. The zero-order valence-electron chi connectivity index (χ0n) is 22.4. The smallest absolute Gasteiger partial charge is 0.341 e. The van der Waals surface area contributed by atoms with Crippen LogP contribution < -0.4 is 4.74 Å². The molecule has 1 saturated carbocycles. The van der Waals surface area contributed by atoms with Crippen molar-refractivity contribution in [3.63, 3.8) is 0 Å². The molecule has 2 aromatic carbocycles. The molecular weight excluding hydrogens is 484 g/mol. The van der Waals surface area contributed by atoms with E-state index in [0.717, 1.165) is 50.5 Å². The number of phenols is 1. The van der Waals surface area contributed by atoms with Crippen LogP contribution in [0.1, 0.15) is 78.9 Å². The highest BCUT2D eigenvalue weighted by Crippen LogP contribution is 2.48. The molecule has 0 unspecified atom stereocenters. The van der Waals surface area contributed by atoms with Crippen LogP contribution in [-0.4, -0.2) is 46.1 Å². The Morgan fingerprint density at radius 1 is 1.11 bits per heavy atom. The van der Waals surface area contributed by atoms with Crippen molar-refractivity contribution >= 4 is 11.9 Å². The number of carbonyl (C=O) groups excluding carboxylic acids is 1. The van der Waals surface area contributed by atoms with Crippen molar-refractivity contribution in [2.45, 2.75) is 83.8 Å². The van der Waals surface area contributed by atoms with Gasteiger partial charge in [0, 0.05) is 0 Å². The molecule has 206 valence electrons. The van der Waals surface area contributed by atoms with Crippen molar-refractivity contribution in [2.24, 2.45) is 17.8 Å². The number of carbonyl (C=O) groups is 2. The van der Waals surface area contributed by atoms with Gasteiger partial charge >= 0.3 is 11.9 Å². The molecule has 0 radical (unpaired) electrons. The summed E-state index contributed by atoms with van der Waals surface area (Å²) in [5.74, 6) is 0.0465. The highest BCUT2D eigenvalue weighted by atomic mass is 16.5. The summed E-state index contributed by atoms with van der Waals surface area (Å²) < 4.78 is 11.5. The van der Waals surface area contributed by atoms with Crippen molar-refractivity contribution in [3.8, 4) is 11.5 Å². The fourth-order valence-electron chi connectivity index (χ4n) is 6.30. The molecule has 0 spiro atoms. The summed E-state index contributed by atoms with van der Waals surface area (Å²) in [5.41, 5.74) is 3.29. The Balaban J connectivity index is 1.42. The number of benzene rings is 2. The van der Waals surface area contributed by atoms with Crippen LogP contribution in [0, 0.1) is 24.7 Å². The SMILES string of the molecule is CCCCC[C@@H](CC[C@@H]1[C@H]2Cc3cccc(OCC(=O)O)c3C[C@H]2C[C@H]1O)OC(=O)c1ccc(C)c(O)c1. The van der Waals surface area contributed by atoms with E-state index in [0.29, 0.717) is 41.6 Å². The van der Waals surface area contributed by atoms with Crippen molar-refractivity contribution < 1.29 is 34.4 Å². The van der Waals surface area contributed by atoms with Gasteiger partial charge in [-0.25, -0.2) is 9.59 Å². The molecule has 0 saturated heterocycles. The molecule has 7 heteroatoms. The average Bonchev–Trinajstić information content (AvgIpc) is 3.19. The third kappa shape index (κ3) is 6.68. The van der Waals surface area contributed by atoms with Crippen molar-refractivity contribution in [2.75, 3.05) is 6.61 Å². The molecule has 0 bridgehead atoms. The molecule has 4 rings (SSSR count). The first kappa shape index (κ1) is 28.0. The van der Waals surface area contributed by atoms with E-state index in [1.165, 1.54) is 11.6 Å². The number of rotatable bonds is 12. The first-order chi connectivity index (χ1) is 18.3. The number of phenolic OH excluding ortho intramolecular Hbond substituents is 1. The molecule has 0 aromatic heterocycles. The second-order valence-corrected chi connectivity index (χ2v) is 11.0. The molecule has 1 fully saturated rings. The van der Waals surface area contributed by atoms with Crippen LogP contribution in [0.15, 0.2) is 36.4 Å². The molecule has 0 aliphatic heterocycles. The van der Waals surface area contributed by atoms with Crippen molar-refractivity contribution in [1.82, 2.24) is 0 Å². The van der Waals surface area contributed by atoms with E-state index >= 15 is 0 Å². The standard InChI is InChI=1S/C31H40O7/c1-3-4-5-8-23(38-31(36)21-11-10-19(2)27(32)16-21)12-13-24-25-14-20-7-6-9-29(37-18-30(34)35)26(20)15-22(25)17-28(24)33/h6-7,9-11,16,22-25,28,32-33H,3-5,8,12-15,17-18H2,1-2H3,(H,34,35)/t22-,23-,24+,25-,28+/m0/s1. The van der Waals surface area contributed by atoms with E-state index < -0.39 is 18.0 Å². The summed E-state index contributed by atoms with van der Waals surface area (Å²) in [5, 5.41) is 30.1. The normalized spacial score (nSPS) is 22.8. The lowest BCUT2D eigenvalue weighted by Gasteiger charge is -2.32. The van der Waals surface area contributed by atoms with Gasteiger partial charge in [-0.2, -0.15) is 0 Å². The number of ether oxygens (including phenoxy) is 2. The van der Waals surface area contributed by atoms with Gasteiger partial charge in [-0.1, -0.05) is 38.0 Å². The van der Waals surface area contributed by atoms with Crippen LogP contribution >= 0.6 is 0 Å². The Bertz CT molecular complexity index is 1130. The number of fused-ring (bicyclic) bond motifs is 2. The molecule has 0 amide bonds. The predicted molar refractivity (Wildman–Crippen MR) is 143 cm³/mol. The Labute approximate surface area is 224 Å². The largest absolute Gasteiger partial charge is 0.508 e. The van der Waals surface area contributed by atoms with E-state index in [2.05, 4.69) is 13.0 Å². The van der Waals surface area contributed by atoms with Gasteiger partial charge in [-0.15, -0.1) is 0 Å². The molecule has 2 aliphatic carbocycles. The van der Waals surface area contributed by atoms with Crippen LogP contribution in [0.25, 0.3) is 0 Å². The number of esters is 1. The first-order valence-corrected chi connectivity index (χ1v) is 13.9. The third-order valence-corrected chi connectivity index (χ3v) is 8.37. The van der Waals surface area contributed by atoms with Gasteiger partial charge < -0.3 is 24.8 Å². The molecule has 0 heterocycles. The number of aromatic hydroxyl groups is 1. The minimum atomic E-state index is -0.999. The third-order valence-electron chi connectivity index (χ3n) is 8.37. The maximum absolute atomic E-state index is 12.9. The van der Waals surface area contributed by atoms with Gasteiger partial charge in [0.1, 0.15) is 17.6 Å². The lowest BCUT2D eigenvalue weighted by atomic mass is 9.73. The first-order valence-electron chi connectivity index (χ1n) is 13.9. The van der Waals surface area contributed by atoms with Crippen molar-refractivity contribution in [1.29, 1.82) is 0 Å². The molecular formula is C31H40O7. The molecule has 38 heavy (non-hydrogen) atoms. The van der Waals surface area contributed by atoms with Crippen LogP contribution in [0.2, 0.25) is 0 Å². The van der Waals surface area contributed by atoms with Crippen LogP contribution in [0.4, 0.5) is 0 Å². The minimum Gasteiger partial charge on any atom is -0.508 e. The summed E-state index contributed by atoms with van der Waals surface area (Å²) in [6.45, 7) is 3.56. The van der Waals surface area contributed by atoms with Gasteiger partial charge in [0.2, 0.25) is 0 Å². The molecule has 2 aromatic rings. The topological polar surface area (TPSA) is 113 Å². The van der Waals surface area contributed by atoms with Gasteiger partial charge in [0.25, 0.3) is 0 Å². The number of hydrogen-bond donors (Lipinski definition) is 3. The van der Waals surface area contributed by atoms with E-state index in [9.17, 15) is 19.8 Å². The van der Waals surface area contributed by atoms with Crippen LogP contribution in [0.5, 0.6) is 11.5 Å². The quantitative estimate of drug-likeness (QED) is 0.249. The Kier molecular flexibility index (Phi) is 9.31. The van der Waals surface area contributed by atoms with Gasteiger partial charge in [0.05, 0.1) is 11.7 Å². The van der Waals surface area contributed by atoms with Gasteiger partial charge in [0.15, 0.2) is 6.61 Å². The lowest BCUT2D eigenvalue weighted by molar-refractivity contribution is -0.139.